The molecule has 4 aromatic rings. The fraction of sp³-hybridized carbons (Fsp3) is 0.233. The van der Waals surface area contributed by atoms with Gasteiger partial charge in [-0.05, 0) is 79.1 Å². The molecule has 1 aromatic heterocycles. The zero-order valence-electron chi connectivity index (χ0n) is 22.3. The summed E-state index contributed by atoms with van der Waals surface area (Å²) in [6.07, 6.45) is 0. The first-order chi connectivity index (χ1) is 18.8. The lowest BCUT2D eigenvalue weighted by molar-refractivity contribution is -0.113. The summed E-state index contributed by atoms with van der Waals surface area (Å²) in [5.41, 5.74) is 6.27. The van der Waals surface area contributed by atoms with E-state index in [9.17, 15) is 4.79 Å². The Morgan fingerprint density at radius 1 is 1.10 bits per heavy atom. The molecule has 7 nitrogen and oxygen atoms in total. The van der Waals surface area contributed by atoms with E-state index >= 15 is 0 Å². The predicted octanol–water partition coefficient (Wildman–Crippen LogP) is 7.28. The van der Waals surface area contributed by atoms with Crippen LogP contribution in [0.4, 0.5) is 11.6 Å². The van der Waals surface area contributed by atoms with E-state index in [4.69, 9.17) is 9.84 Å². The van der Waals surface area contributed by atoms with Crippen LogP contribution in [0.15, 0.2) is 87.6 Å². The van der Waals surface area contributed by atoms with Crippen molar-refractivity contribution in [3.05, 3.63) is 105 Å². The molecule has 2 heterocycles. The number of anilines is 2. The van der Waals surface area contributed by atoms with Gasteiger partial charge in [0.2, 0.25) is 11.1 Å². The number of hydrogen-bond acceptors (Lipinski definition) is 6. The standard InChI is InChI=1S/C30H30BrN5O2S/c1-5-39-30-34-29-32-20(4)26(28(37)33-25-11-6-8-18(2)19(25)3)27(36(29)35-30)22-12-14-24(15-13-22)38-17-21-9-7-10-23(31)16-21/h6-16,27H,5,17H2,1-4H3,(H,33,37)(H,32,34,35). The Morgan fingerprint density at radius 2 is 1.87 bits per heavy atom. The molecule has 39 heavy (non-hydrogen) atoms. The molecule has 1 aliphatic heterocycles. The number of ether oxygens (including phenoxy) is 1. The number of thioether (sulfide) groups is 1. The van der Waals surface area contributed by atoms with Gasteiger partial charge >= 0.3 is 0 Å². The topological polar surface area (TPSA) is 81.1 Å². The second-order valence-corrected chi connectivity index (χ2v) is 11.5. The van der Waals surface area contributed by atoms with Crippen LogP contribution in [0.3, 0.4) is 0 Å². The maximum Gasteiger partial charge on any atom is 0.255 e. The number of halogens is 1. The molecular formula is C30H30BrN5O2S. The Bertz CT molecular complexity index is 1550. The van der Waals surface area contributed by atoms with Crippen molar-refractivity contribution in [3.63, 3.8) is 0 Å². The van der Waals surface area contributed by atoms with Gasteiger partial charge in [0.1, 0.15) is 18.4 Å². The van der Waals surface area contributed by atoms with Gasteiger partial charge in [0, 0.05) is 15.9 Å². The highest BCUT2D eigenvalue weighted by Gasteiger charge is 2.34. The van der Waals surface area contributed by atoms with Gasteiger partial charge in [-0.25, -0.2) is 4.68 Å². The van der Waals surface area contributed by atoms with Crippen molar-refractivity contribution >= 4 is 45.2 Å². The molecule has 0 saturated carbocycles. The summed E-state index contributed by atoms with van der Waals surface area (Å²) in [6, 6.07) is 21.4. The Morgan fingerprint density at radius 3 is 2.62 bits per heavy atom. The Balaban J connectivity index is 1.46. The minimum atomic E-state index is -0.454. The van der Waals surface area contributed by atoms with Crippen LogP contribution in [0.25, 0.3) is 0 Å². The van der Waals surface area contributed by atoms with Crippen molar-refractivity contribution in [1.82, 2.24) is 14.8 Å². The number of aromatic nitrogens is 3. The molecule has 0 fully saturated rings. The van der Waals surface area contributed by atoms with E-state index in [1.807, 2.05) is 87.5 Å². The highest BCUT2D eigenvalue weighted by molar-refractivity contribution is 9.10. The second kappa shape index (κ2) is 11.7. The zero-order valence-corrected chi connectivity index (χ0v) is 24.7. The third-order valence-electron chi connectivity index (χ3n) is 6.69. The first kappa shape index (κ1) is 27.0. The van der Waals surface area contributed by atoms with E-state index in [-0.39, 0.29) is 5.91 Å². The maximum atomic E-state index is 13.8. The molecule has 200 valence electrons. The quantitative estimate of drug-likeness (QED) is 0.206. The fourth-order valence-electron chi connectivity index (χ4n) is 4.54. The van der Waals surface area contributed by atoms with Crippen molar-refractivity contribution in [2.75, 3.05) is 16.4 Å². The highest BCUT2D eigenvalue weighted by Crippen LogP contribution is 2.37. The average molecular weight is 605 g/mol. The minimum absolute atomic E-state index is 0.181. The first-order valence-corrected chi connectivity index (χ1v) is 14.5. The van der Waals surface area contributed by atoms with Crippen LogP contribution in [-0.4, -0.2) is 26.4 Å². The van der Waals surface area contributed by atoms with Gasteiger partial charge in [-0.1, -0.05) is 71.0 Å². The van der Waals surface area contributed by atoms with Gasteiger partial charge in [0.15, 0.2) is 0 Å². The highest BCUT2D eigenvalue weighted by atomic mass is 79.9. The third-order valence-corrected chi connectivity index (χ3v) is 7.91. The number of aryl methyl sites for hydroxylation is 1. The number of benzene rings is 3. The number of rotatable bonds is 8. The summed E-state index contributed by atoms with van der Waals surface area (Å²) < 4.78 is 8.85. The van der Waals surface area contributed by atoms with Crippen LogP contribution in [0.1, 0.15) is 42.1 Å². The van der Waals surface area contributed by atoms with Crippen molar-refractivity contribution in [2.24, 2.45) is 0 Å². The van der Waals surface area contributed by atoms with Gasteiger partial charge in [0.25, 0.3) is 5.91 Å². The molecular weight excluding hydrogens is 574 g/mol. The van der Waals surface area contributed by atoms with E-state index < -0.39 is 6.04 Å². The second-order valence-electron chi connectivity index (χ2n) is 9.35. The molecule has 0 bridgehead atoms. The lowest BCUT2D eigenvalue weighted by Gasteiger charge is -2.29. The largest absolute Gasteiger partial charge is 0.489 e. The molecule has 0 saturated heterocycles. The molecule has 2 N–H and O–H groups in total. The van der Waals surface area contributed by atoms with Gasteiger partial charge in [-0.3, -0.25) is 4.79 Å². The summed E-state index contributed by atoms with van der Waals surface area (Å²) in [7, 11) is 0. The number of allylic oxidation sites excluding steroid dienone is 1. The normalized spacial score (nSPS) is 14.5. The number of carbonyl (C=O) groups excluding carboxylic acids is 1. The van der Waals surface area contributed by atoms with Gasteiger partial charge in [-0.15, -0.1) is 5.10 Å². The molecule has 9 heteroatoms. The number of fused-ring (bicyclic) bond motifs is 1. The summed E-state index contributed by atoms with van der Waals surface area (Å²) in [6.45, 7) is 8.48. The molecule has 0 spiro atoms. The molecule has 1 aliphatic rings. The first-order valence-electron chi connectivity index (χ1n) is 12.8. The smallest absolute Gasteiger partial charge is 0.255 e. The molecule has 0 radical (unpaired) electrons. The van der Waals surface area contributed by atoms with Gasteiger partial charge in [-0.2, -0.15) is 4.98 Å². The predicted molar refractivity (Wildman–Crippen MR) is 160 cm³/mol. The van der Waals surface area contributed by atoms with Gasteiger partial charge < -0.3 is 15.4 Å². The van der Waals surface area contributed by atoms with Gasteiger partial charge in [0.05, 0.1) is 5.57 Å². The Hall–Kier alpha value is -3.56. The van der Waals surface area contributed by atoms with Crippen LogP contribution in [-0.2, 0) is 11.4 Å². The van der Waals surface area contributed by atoms with E-state index in [2.05, 4.69) is 38.5 Å². The maximum absolute atomic E-state index is 13.8. The SMILES string of the molecule is CCSc1nc2n(n1)C(c1ccc(OCc3cccc(Br)c3)cc1)C(C(=O)Nc1cccc(C)c1C)=C(C)N2. The van der Waals surface area contributed by atoms with E-state index in [1.165, 1.54) is 0 Å². The van der Waals surface area contributed by atoms with Crippen molar-refractivity contribution in [2.45, 2.75) is 45.5 Å². The van der Waals surface area contributed by atoms with E-state index in [0.29, 0.717) is 23.3 Å². The number of nitrogens with one attached hydrogen (secondary N) is 2. The van der Waals surface area contributed by atoms with Crippen molar-refractivity contribution < 1.29 is 9.53 Å². The average Bonchev–Trinajstić information content (AvgIpc) is 3.31. The lowest BCUT2D eigenvalue weighted by atomic mass is 9.94. The summed E-state index contributed by atoms with van der Waals surface area (Å²) >= 11 is 5.07. The van der Waals surface area contributed by atoms with Crippen LogP contribution in [0.5, 0.6) is 5.75 Å². The van der Waals surface area contributed by atoms with E-state index in [0.717, 1.165) is 49.6 Å². The Labute approximate surface area is 241 Å². The minimum Gasteiger partial charge on any atom is -0.489 e. The summed E-state index contributed by atoms with van der Waals surface area (Å²) in [4.78, 5) is 18.5. The van der Waals surface area contributed by atoms with Crippen LogP contribution in [0.2, 0.25) is 0 Å². The number of hydrogen-bond donors (Lipinski definition) is 2. The van der Waals surface area contributed by atoms with E-state index in [1.54, 1.807) is 16.4 Å². The van der Waals surface area contributed by atoms with Crippen LogP contribution < -0.4 is 15.4 Å². The number of carbonyl (C=O) groups is 1. The summed E-state index contributed by atoms with van der Waals surface area (Å²) in [5.74, 6) is 2.03. The molecule has 1 unspecified atom stereocenters. The summed E-state index contributed by atoms with van der Waals surface area (Å²) in [5, 5.41) is 11.9. The Kier molecular flexibility index (Phi) is 8.09. The van der Waals surface area contributed by atoms with Crippen molar-refractivity contribution in [1.29, 1.82) is 0 Å². The zero-order chi connectivity index (χ0) is 27.5. The molecule has 3 aromatic carbocycles. The molecule has 0 aliphatic carbocycles. The van der Waals surface area contributed by atoms with Crippen LogP contribution in [0, 0.1) is 13.8 Å². The lowest BCUT2D eigenvalue weighted by Crippen LogP contribution is -2.31. The number of amides is 1. The molecule has 5 rings (SSSR count). The monoisotopic (exact) mass is 603 g/mol. The third kappa shape index (κ3) is 5.89. The fourth-order valence-corrected chi connectivity index (χ4v) is 5.54. The molecule has 1 atom stereocenters. The number of nitrogens with zero attached hydrogens (tertiary/aromatic N) is 3. The molecule has 1 amide bonds. The van der Waals surface area contributed by atoms with Crippen molar-refractivity contribution in [3.8, 4) is 5.75 Å². The van der Waals surface area contributed by atoms with Crippen LogP contribution >= 0.6 is 27.7 Å².